The number of nitro groups is 1. The fraction of sp³-hybridized carbons (Fsp3) is 0.158. The van der Waals surface area contributed by atoms with Gasteiger partial charge in [-0.3, -0.25) is 25.1 Å². The molecule has 28 heavy (non-hydrogen) atoms. The molecule has 1 aliphatic heterocycles. The number of benzene rings is 2. The van der Waals surface area contributed by atoms with E-state index in [1.807, 2.05) is 6.92 Å². The lowest BCUT2D eigenvalue weighted by Gasteiger charge is -2.14. The summed E-state index contributed by atoms with van der Waals surface area (Å²) in [5.74, 6) is -0.867. The second-order valence-electron chi connectivity index (χ2n) is 6.00. The van der Waals surface area contributed by atoms with Crippen LogP contribution in [-0.4, -0.2) is 31.0 Å². The van der Waals surface area contributed by atoms with Gasteiger partial charge < -0.3 is 9.47 Å². The zero-order valence-electron chi connectivity index (χ0n) is 15.4. The highest BCUT2D eigenvalue weighted by molar-refractivity contribution is 6.31. The molecular formula is C19H17N3O6. The van der Waals surface area contributed by atoms with Crippen molar-refractivity contribution in [2.45, 2.75) is 6.92 Å². The number of rotatable bonds is 5. The zero-order chi connectivity index (χ0) is 20.4. The summed E-state index contributed by atoms with van der Waals surface area (Å²) in [4.78, 5) is 35.9. The van der Waals surface area contributed by atoms with Crippen LogP contribution in [0.1, 0.15) is 11.1 Å². The van der Waals surface area contributed by atoms with Crippen molar-refractivity contribution < 1.29 is 24.0 Å². The number of methoxy groups -OCH3 is 2. The number of hydrogen-bond acceptors (Lipinski definition) is 6. The summed E-state index contributed by atoms with van der Waals surface area (Å²) in [7, 11) is 2.74. The quantitative estimate of drug-likeness (QED) is 0.367. The van der Waals surface area contributed by atoms with Crippen LogP contribution in [0.15, 0.2) is 42.0 Å². The summed E-state index contributed by atoms with van der Waals surface area (Å²) < 4.78 is 10.2. The average molecular weight is 383 g/mol. The normalized spacial score (nSPS) is 15.0. The molecule has 2 amide bonds. The molecule has 0 bridgehead atoms. The number of hydrogen-bond donors (Lipinski definition) is 1. The van der Waals surface area contributed by atoms with Gasteiger partial charge in [0.05, 0.1) is 36.5 Å². The predicted octanol–water partition coefficient (Wildman–Crippen LogP) is 2.38. The van der Waals surface area contributed by atoms with Crippen molar-refractivity contribution in [1.29, 1.82) is 0 Å². The van der Waals surface area contributed by atoms with E-state index in [1.54, 1.807) is 24.3 Å². The van der Waals surface area contributed by atoms with Crippen LogP contribution in [0.4, 0.5) is 11.4 Å². The molecule has 0 atom stereocenters. The van der Waals surface area contributed by atoms with Crippen molar-refractivity contribution in [1.82, 2.24) is 5.43 Å². The van der Waals surface area contributed by atoms with Gasteiger partial charge in [0.1, 0.15) is 5.57 Å². The summed E-state index contributed by atoms with van der Waals surface area (Å²) in [5, 5.41) is 12.5. The van der Waals surface area contributed by atoms with Gasteiger partial charge in [-0.05, 0) is 31.2 Å². The van der Waals surface area contributed by atoms with Crippen LogP contribution in [0.2, 0.25) is 0 Å². The van der Waals surface area contributed by atoms with Gasteiger partial charge in [0.15, 0.2) is 11.5 Å². The summed E-state index contributed by atoms with van der Waals surface area (Å²) in [6.45, 7) is 1.90. The highest BCUT2D eigenvalue weighted by Crippen LogP contribution is 2.36. The molecule has 1 N–H and O–H groups in total. The molecule has 0 radical (unpaired) electrons. The van der Waals surface area contributed by atoms with Gasteiger partial charge in [-0.1, -0.05) is 17.7 Å². The number of carbonyl (C=O) groups is 2. The topological polar surface area (TPSA) is 111 Å². The molecule has 144 valence electrons. The van der Waals surface area contributed by atoms with Gasteiger partial charge in [0.2, 0.25) is 0 Å². The second-order valence-corrected chi connectivity index (χ2v) is 6.00. The van der Waals surface area contributed by atoms with Gasteiger partial charge in [0.25, 0.3) is 17.5 Å². The molecule has 3 rings (SSSR count). The summed E-state index contributed by atoms with van der Waals surface area (Å²) >= 11 is 0. The van der Waals surface area contributed by atoms with E-state index in [1.165, 1.54) is 32.4 Å². The molecule has 0 saturated carbocycles. The van der Waals surface area contributed by atoms with Gasteiger partial charge in [0, 0.05) is 0 Å². The minimum Gasteiger partial charge on any atom is -0.493 e. The van der Waals surface area contributed by atoms with Crippen molar-refractivity contribution in [2.24, 2.45) is 0 Å². The van der Waals surface area contributed by atoms with Gasteiger partial charge in [-0.25, -0.2) is 5.01 Å². The Morgan fingerprint density at radius 3 is 2.25 bits per heavy atom. The Hall–Kier alpha value is -3.88. The number of ether oxygens (including phenoxy) is 2. The highest BCUT2D eigenvalue weighted by atomic mass is 16.6. The third-order valence-electron chi connectivity index (χ3n) is 4.21. The van der Waals surface area contributed by atoms with Crippen molar-refractivity contribution in [3.8, 4) is 11.5 Å². The molecular weight excluding hydrogens is 366 g/mol. The number of nitrogens with one attached hydrogen (secondary N) is 1. The lowest BCUT2D eigenvalue weighted by Crippen LogP contribution is -2.35. The molecule has 0 aliphatic carbocycles. The standard InChI is InChI=1S/C19H17N3O6/c1-11-4-6-13(7-5-11)21-19(24)14(18(23)20-21)8-12-9-16(27-2)17(28-3)10-15(12)22(25)26/h4-10H,1-3H3,(H,20,23)/b14-8+. The number of anilines is 1. The molecule has 0 spiro atoms. The van der Waals surface area contributed by atoms with E-state index in [-0.39, 0.29) is 28.3 Å². The highest BCUT2D eigenvalue weighted by Gasteiger charge is 2.35. The van der Waals surface area contributed by atoms with E-state index in [4.69, 9.17) is 9.47 Å². The lowest BCUT2D eigenvalue weighted by molar-refractivity contribution is -0.385. The van der Waals surface area contributed by atoms with Crippen LogP contribution in [0, 0.1) is 17.0 Å². The maximum Gasteiger partial charge on any atom is 0.282 e. The van der Waals surface area contributed by atoms with Crippen LogP contribution in [0.3, 0.4) is 0 Å². The summed E-state index contributed by atoms with van der Waals surface area (Å²) in [6.07, 6.45) is 1.17. The number of nitrogens with zero attached hydrogens (tertiary/aromatic N) is 2. The molecule has 1 aliphatic rings. The maximum atomic E-state index is 12.7. The Labute approximate surface area is 160 Å². The van der Waals surface area contributed by atoms with Crippen LogP contribution in [0.25, 0.3) is 6.08 Å². The van der Waals surface area contributed by atoms with Gasteiger partial charge in [-0.2, -0.15) is 0 Å². The first-order chi connectivity index (χ1) is 13.3. The van der Waals surface area contributed by atoms with Gasteiger partial charge >= 0.3 is 0 Å². The number of amides is 2. The molecule has 9 heteroatoms. The number of carbonyl (C=O) groups excluding carboxylic acids is 2. The molecule has 1 saturated heterocycles. The van der Waals surface area contributed by atoms with E-state index in [0.717, 1.165) is 10.6 Å². The third kappa shape index (κ3) is 3.37. The molecule has 2 aromatic rings. The summed E-state index contributed by atoms with van der Waals surface area (Å²) in [5.41, 5.74) is 3.44. The predicted molar refractivity (Wildman–Crippen MR) is 101 cm³/mol. The first-order valence-corrected chi connectivity index (χ1v) is 8.20. The average Bonchev–Trinajstić information content (AvgIpc) is 2.96. The van der Waals surface area contributed by atoms with Crippen molar-refractivity contribution in [2.75, 3.05) is 19.2 Å². The van der Waals surface area contributed by atoms with E-state index in [2.05, 4.69) is 5.43 Å². The number of aryl methyl sites for hydroxylation is 1. The van der Waals surface area contributed by atoms with Crippen molar-refractivity contribution in [3.63, 3.8) is 0 Å². The van der Waals surface area contributed by atoms with E-state index >= 15 is 0 Å². The number of hydrazine groups is 1. The fourth-order valence-electron chi connectivity index (χ4n) is 2.75. The maximum absolute atomic E-state index is 12.7. The lowest BCUT2D eigenvalue weighted by atomic mass is 10.1. The molecule has 0 aromatic heterocycles. The van der Waals surface area contributed by atoms with Crippen molar-refractivity contribution >= 4 is 29.3 Å². The zero-order valence-corrected chi connectivity index (χ0v) is 15.4. The second kappa shape index (κ2) is 7.39. The Morgan fingerprint density at radius 2 is 1.68 bits per heavy atom. The molecule has 1 fully saturated rings. The Balaban J connectivity index is 2.05. The van der Waals surface area contributed by atoms with E-state index in [9.17, 15) is 19.7 Å². The molecule has 2 aromatic carbocycles. The van der Waals surface area contributed by atoms with Crippen LogP contribution >= 0.6 is 0 Å². The molecule has 0 unspecified atom stereocenters. The Bertz CT molecular complexity index is 997. The van der Waals surface area contributed by atoms with Crippen molar-refractivity contribution in [3.05, 3.63) is 63.2 Å². The van der Waals surface area contributed by atoms with Crippen LogP contribution in [-0.2, 0) is 9.59 Å². The molecule has 9 nitrogen and oxygen atoms in total. The van der Waals surface area contributed by atoms with E-state index < -0.39 is 16.7 Å². The number of nitro benzene ring substituents is 1. The monoisotopic (exact) mass is 383 g/mol. The van der Waals surface area contributed by atoms with Gasteiger partial charge in [-0.15, -0.1) is 0 Å². The first kappa shape index (κ1) is 18.9. The van der Waals surface area contributed by atoms with Crippen LogP contribution < -0.4 is 19.9 Å². The summed E-state index contributed by atoms with van der Waals surface area (Å²) in [6, 6.07) is 9.51. The SMILES string of the molecule is COc1cc(/C=C2\C(=O)NN(c3ccc(C)cc3)C2=O)c([N+](=O)[O-])cc1OC. The third-order valence-corrected chi connectivity index (χ3v) is 4.21. The fourth-order valence-corrected chi connectivity index (χ4v) is 2.75. The smallest absolute Gasteiger partial charge is 0.282 e. The first-order valence-electron chi connectivity index (χ1n) is 8.20. The van der Waals surface area contributed by atoms with Crippen LogP contribution in [0.5, 0.6) is 11.5 Å². The Morgan fingerprint density at radius 1 is 1.07 bits per heavy atom. The largest absolute Gasteiger partial charge is 0.493 e. The minimum absolute atomic E-state index is 0.0481. The Kier molecular flexibility index (Phi) is 4.99. The minimum atomic E-state index is -0.658. The van der Waals surface area contributed by atoms with E-state index in [0.29, 0.717) is 5.69 Å². The molecule has 1 heterocycles.